The fourth-order valence-corrected chi connectivity index (χ4v) is 4.54. The van der Waals surface area contributed by atoms with Crippen molar-refractivity contribution < 1.29 is 9.18 Å². The number of halogens is 1. The number of benzene rings is 3. The highest BCUT2D eigenvalue weighted by molar-refractivity contribution is 7.98. The number of nitrogens with zero attached hydrogens (tertiary/aromatic N) is 2. The zero-order valence-corrected chi connectivity index (χ0v) is 15.7. The van der Waals surface area contributed by atoms with Crippen LogP contribution in [0.5, 0.6) is 0 Å². The Kier molecular flexibility index (Phi) is 4.13. The molecule has 0 atom stereocenters. The van der Waals surface area contributed by atoms with Crippen LogP contribution < -0.4 is 5.32 Å². The first-order valence-electron chi connectivity index (χ1n) is 8.94. The number of hydrogen-bond acceptors (Lipinski definition) is 3. The summed E-state index contributed by atoms with van der Waals surface area (Å²) >= 11 is 1.77. The molecule has 138 valence electrons. The van der Waals surface area contributed by atoms with Crippen LogP contribution in [-0.2, 0) is 11.5 Å². The van der Waals surface area contributed by atoms with E-state index in [4.69, 9.17) is 0 Å². The summed E-state index contributed by atoms with van der Waals surface area (Å²) in [7, 11) is 0. The molecule has 0 bridgehead atoms. The van der Waals surface area contributed by atoms with Gasteiger partial charge in [0.2, 0.25) is 0 Å². The predicted octanol–water partition coefficient (Wildman–Crippen LogP) is 5.16. The molecule has 0 radical (unpaired) electrons. The molecule has 5 rings (SSSR count). The molecule has 28 heavy (non-hydrogen) atoms. The van der Waals surface area contributed by atoms with Gasteiger partial charge in [0.1, 0.15) is 11.6 Å². The average Bonchev–Trinajstić information content (AvgIpc) is 3.31. The SMILES string of the molecule is O=C(Nc1c2c(nn1-c1ccc(F)cc1)CSC2)c1cccc2ccccc12. The van der Waals surface area contributed by atoms with Crippen LogP contribution in [0.1, 0.15) is 21.6 Å². The number of rotatable bonds is 3. The van der Waals surface area contributed by atoms with E-state index in [1.165, 1.54) is 12.1 Å². The minimum absolute atomic E-state index is 0.181. The summed E-state index contributed by atoms with van der Waals surface area (Å²) < 4.78 is 15.0. The normalized spacial score (nSPS) is 12.9. The molecule has 0 aliphatic carbocycles. The zero-order valence-electron chi connectivity index (χ0n) is 14.9. The third-order valence-corrected chi connectivity index (χ3v) is 5.86. The first kappa shape index (κ1) is 17.0. The molecule has 1 amide bonds. The second kappa shape index (κ2) is 6.80. The molecule has 0 unspecified atom stereocenters. The maximum atomic E-state index is 13.3. The zero-order chi connectivity index (χ0) is 19.1. The van der Waals surface area contributed by atoms with Crippen molar-refractivity contribution in [2.24, 2.45) is 0 Å². The summed E-state index contributed by atoms with van der Waals surface area (Å²) in [6.07, 6.45) is 0. The molecule has 4 nitrogen and oxygen atoms in total. The highest BCUT2D eigenvalue weighted by Gasteiger charge is 2.25. The van der Waals surface area contributed by atoms with E-state index in [1.54, 1.807) is 28.6 Å². The number of fused-ring (bicyclic) bond motifs is 2. The van der Waals surface area contributed by atoms with Gasteiger partial charge in [-0.2, -0.15) is 16.9 Å². The van der Waals surface area contributed by atoms with Crippen LogP contribution in [0.15, 0.2) is 66.7 Å². The van der Waals surface area contributed by atoms with Gasteiger partial charge in [-0.3, -0.25) is 4.79 Å². The van der Waals surface area contributed by atoms with Crippen molar-refractivity contribution in [2.75, 3.05) is 5.32 Å². The number of anilines is 1. The molecule has 1 aliphatic rings. The Balaban J connectivity index is 1.58. The van der Waals surface area contributed by atoms with Gasteiger partial charge in [-0.25, -0.2) is 9.07 Å². The minimum Gasteiger partial charge on any atom is -0.306 e. The van der Waals surface area contributed by atoms with Crippen molar-refractivity contribution >= 4 is 34.3 Å². The minimum atomic E-state index is -0.305. The molecule has 2 heterocycles. The van der Waals surface area contributed by atoms with Gasteiger partial charge in [0.05, 0.1) is 11.4 Å². The quantitative estimate of drug-likeness (QED) is 0.526. The van der Waals surface area contributed by atoms with E-state index < -0.39 is 0 Å². The van der Waals surface area contributed by atoms with Crippen molar-refractivity contribution in [2.45, 2.75) is 11.5 Å². The summed E-state index contributed by atoms with van der Waals surface area (Å²) in [5, 5.41) is 9.65. The second-order valence-electron chi connectivity index (χ2n) is 6.64. The lowest BCUT2D eigenvalue weighted by Crippen LogP contribution is -2.16. The van der Waals surface area contributed by atoms with E-state index in [0.717, 1.165) is 33.5 Å². The van der Waals surface area contributed by atoms with Gasteiger partial charge < -0.3 is 5.32 Å². The number of nitrogens with one attached hydrogen (secondary N) is 1. The van der Waals surface area contributed by atoms with Gasteiger partial charge in [0.15, 0.2) is 0 Å². The lowest BCUT2D eigenvalue weighted by molar-refractivity contribution is 0.102. The van der Waals surface area contributed by atoms with Gasteiger partial charge in [0.25, 0.3) is 5.91 Å². The lowest BCUT2D eigenvalue weighted by Gasteiger charge is -2.12. The number of carbonyl (C=O) groups is 1. The average molecular weight is 389 g/mol. The summed E-state index contributed by atoms with van der Waals surface area (Å²) in [5.41, 5.74) is 3.32. The number of aromatic nitrogens is 2. The summed E-state index contributed by atoms with van der Waals surface area (Å²) in [5.74, 6) is 1.77. The molecule has 0 saturated carbocycles. The van der Waals surface area contributed by atoms with Crippen LogP contribution in [0.3, 0.4) is 0 Å². The van der Waals surface area contributed by atoms with Gasteiger partial charge in [-0.1, -0.05) is 36.4 Å². The summed E-state index contributed by atoms with van der Waals surface area (Å²) in [6.45, 7) is 0. The molecular formula is C22H16FN3OS. The first-order valence-corrected chi connectivity index (χ1v) is 10.1. The molecule has 3 aromatic carbocycles. The Hall–Kier alpha value is -3.12. The Morgan fingerprint density at radius 3 is 2.64 bits per heavy atom. The molecule has 0 fully saturated rings. The van der Waals surface area contributed by atoms with Crippen molar-refractivity contribution in [3.05, 3.63) is 89.4 Å². The Morgan fingerprint density at radius 1 is 1.00 bits per heavy atom. The van der Waals surface area contributed by atoms with Gasteiger partial charge in [-0.05, 0) is 41.1 Å². The third-order valence-electron chi connectivity index (χ3n) is 4.89. The first-order chi connectivity index (χ1) is 13.7. The van der Waals surface area contributed by atoms with Gasteiger partial charge in [-0.15, -0.1) is 0 Å². The summed E-state index contributed by atoms with van der Waals surface area (Å²) in [6, 6.07) is 19.6. The van der Waals surface area contributed by atoms with E-state index in [-0.39, 0.29) is 11.7 Å². The van der Waals surface area contributed by atoms with Crippen LogP contribution in [0.2, 0.25) is 0 Å². The highest BCUT2D eigenvalue weighted by atomic mass is 32.2. The van der Waals surface area contributed by atoms with Crippen LogP contribution in [0.25, 0.3) is 16.5 Å². The van der Waals surface area contributed by atoms with Crippen LogP contribution in [0, 0.1) is 5.82 Å². The Bertz CT molecular complexity index is 1200. The lowest BCUT2D eigenvalue weighted by atomic mass is 10.0. The Labute approximate surface area is 165 Å². The van der Waals surface area contributed by atoms with E-state index >= 15 is 0 Å². The molecule has 1 aromatic heterocycles. The predicted molar refractivity (Wildman–Crippen MR) is 110 cm³/mol. The van der Waals surface area contributed by atoms with Gasteiger partial charge in [0, 0.05) is 22.6 Å². The van der Waals surface area contributed by atoms with Gasteiger partial charge >= 0.3 is 0 Å². The molecule has 1 aliphatic heterocycles. The molecule has 0 spiro atoms. The van der Waals surface area contributed by atoms with Crippen LogP contribution in [-0.4, -0.2) is 15.7 Å². The molecule has 0 saturated heterocycles. The molecule has 1 N–H and O–H groups in total. The second-order valence-corrected chi connectivity index (χ2v) is 7.62. The van der Waals surface area contributed by atoms with Crippen molar-refractivity contribution in [1.29, 1.82) is 0 Å². The molecule has 6 heteroatoms. The topological polar surface area (TPSA) is 46.9 Å². The number of carbonyl (C=O) groups excluding carboxylic acids is 1. The number of amides is 1. The van der Waals surface area contributed by atoms with Crippen molar-refractivity contribution in [3.63, 3.8) is 0 Å². The van der Waals surface area contributed by atoms with Crippen molar-refractivity contribution in [3.8, 4) is 5.69 Å². The standard InChI is InChI=1S/C22H16FN3OS/c23-15-8-10-16(11-9-15)26-21(19-12-28-13-20(19)25-26)24-22(27)18-7-3-5-14-4-1-2-6-17(14)18/h1-11H,12-13H2,(H,24,27). The summed E-state index contributed by atoms with van der Waals surface area (Å²) in [4.78, 5) is 13.1. The number of thioether (sulfide) groups is 1. The highest BCUT2D eigenvalue weighted by Crippen LogP contribution is 2.36. The fourth-order valence-electron chi connectivity index (χ4n) is 3.51. The van der Waals surface area contributed by atoms with E-state index in [2.05, 4.69) is 10.4 Å². The van der Waals surface area contributed by atoms with Crippen molar-refractivity contribution in [1.82, 2.24) is 9.78 Å². The molecular weight excluding hydrogens is 373 g/mol. The maximum absolute atomic E-state index is 13.3. The third kappa shape index (κ3) is 2.86. The largest absolute Gasteiger partial charge is 0.306 e. The monoisotopic (exact) mass is 389 g/mol. The van der Waals surface area contributed by atoms with Crippen LogP contribution in [0.4, 0.5) is 10.2 Å². The number of hydrogen-bond donors (Lipinski definition) is 1. The molecule has 4 aromatic rings. The van der Waals surface area contributed by atoms with E-state index in [1.807, 2.05) is 42.5 Å². The Morgan fingerprint density at radius 2 is 1.79 bits per heavy atom. The maximum Gasteiger partial charge on any atom is 0.257 e. The fraction of sp³-hybridized carbons (Fsp3) is 0.0909. The smallest absolute Gasteiger partial charge is 0.257 e. The van der Waals surface area contributed by atoms with Crippen LogP contribution >= 0.6 is 11.8 Å². The van der Waals surface area contributed by atoms with E-state index in [0.29, 0.717) is 17.1 Å². The van der Waals surface area contributed by atoms with E-state index in [9.17, 15) is 9.18 Å².